The summed E-state index contributed by atoms with van der Waals surface area (Å²) in [6.45, 7) is 10.1. The Morgan fingerprint density at radius 2 is 1.07 bits per heavy atom. The van der Waals surface area contributed by atoms with Crippen molar-refractivity contribution in [2.24, 2.45) is 11.8 Å². The Kier molecular flexibility index (Phi) is 8.63. The van der Waals surface area contributed by atoms with Crippen LogP contribution < -0.4 is 21.3 Å². The minimum absolute atomic E-state index is 0.0868. The van der Waals surface area contributed by atoms with Gasteiger partial charge in [-0.25, -0.2) is 0 Å². The van der Waals surface area contributed by atoms with Crippen LogP contribution in [0.15, 0.2) is 24.3 Å². The van der Waals surface area contributed by atoms with Gasteiger partial charge in [-0.3, -0.25) is 19.2 Å². The standard InChI is InChI=1S/C20H30N4O4/c1-11(2)17(21-13(5)25)19(27)23-15-8-7-9-16(10-15)24-20(28)18(12(3)4)22-14(6)26/h7-12,17-18H,1-6H3,(H,21,25)(H,22,26)(H,23,27)(H,24,28). The second kappa shape index (κ2) is 10.4. The van der Waals surface area contributed by atoms with Crippen molar-refractivity contribution in [2.45, 2.75) is 53.6 Å². The number of carbonyl (C=O) groups excluding carboxylic acids is 4. The van der Waals surface area contributed by atoms with Crippen molar-refractivity contribution in [2.75, 3.05) is 10.6 Å². The van der Waals surface area contributed by atoms with Crippen LogP contribution in [0.4, 0.5) is 11.4 Å². The molecule has 8 nitrogen and oxygen atoms in total. The second-order valence-corrected chi connectivity index (χ2v) is 7.40. The van der Waals surface area contributed by atoms with Gasteiger partial charge >= 0.3 is 0 Å². The molecular formula is C20H30N4O4. The summed E-state index contributed by atoms with van der Waals surface area (Å²) in [7, 11) is 0. The van der Waals surface area contributed by atoms with E-state index in [-0.39, 0.29) is 35.5 Å². The first-order valence-electron chi connectivity index (χ1n) is 9.27. The SMILES string of the molecule is CC(=O)NC(C(=O)Nc1cccc(NC(=O)C(NC(C)=O)C(C)C)c1)C(C)C. The lowest BCUT2D eigenvalue weighted by molar-refractivity contribution is -0.126. The zero-order chi connectivity index (χ0) is 21.4. The molecule has 4 N–H and O–H groups in total. The van der Waals surface area contributed by atoms with Crippen molar-refractivity contribution in [3.05, 3.63) is 24.3 Å². The molecule has 1 rings (SSSR count). The molecular weight excluding hydrogens is 360 g/mol. The average molecular weight is 390 g/mol. The van der Waals surface area contributed by atoms with Crippen LogP contribution in [0.25, 0.3) is 0 Å². The highest BCUT2D eigenvalue weighted by molar-refractivity contribution is 5.99. The van der Waals surface area contributed by atoms with Gasteiger partial charge in [0.25, 0.3) is 0 Å². The van der Waals surface area contributed by atoms with E-state index in [0.29, 0.717) is 11.4 Å². The maximum absolute atomic E-state index is 12.5. The van der Waals surface area contributed by atoms with Gasteiger partial charge in [-0.1, -0.05) is 33.8 Å². The van der Waals surface area contributed by atoms with Gasteiger partial charge in [-0.2, -0.15) is 0 Å². The first-order chi connectivity index (χ1) is 13.0. The summed E-state index contributed by atoms with van der Waals surface area (Å²) >= 11 is 0. The number of benzene rings is 1. The van der Waals surface area contributed by atoms with Gasteiger partial charge < -0.3 is 21.3 Å². The molecule has 1 aromatic rings. The molecule has 28 heavy (non-hydrogen) atoms. The van der Waals surface area contributed by atoms with Gasteiger partial charge in [-0.15, -0.1) is 0 Å². The van der Waals surface area contributed by atoms with E-state index < -0.39 is 12.1 Å². The highest BCUT2D eigenvalue weighted by Crippen LogP contribution is 2.17. The van der Waals surface area contributed by atoms with Crippen LogP contribution in [0.1, 0.15) is 41.5 Å². The van der Waals surface area contributed by atoms with E-state index in [1.807, 2.05) is 27.7 Å². The Morgan fingerprint density at radius 1 is 0.714 bits per heavy atom. The minimum atomic E-state index is -0.666. The summed E-state index contributed by atoms with van der Waals surface area (Å²) in [5, 5.41) is 10.8. The summed E-state index contributed by atoms with van der Waals surface area (Å²) in [5.74, 6) is -1.42. The fraction of sp³-hybridized carbons (Fsp3) is 0.500. The quantitative estimate of drug-likeness (QED) is 0.542. The number of anilines is 2. The third-order valence-corrected chi connectivity index (χ3v) is 4.01. The van der Waals surface area contributed by atoms with Crippen LogP contribution in [0.2, 0.25) is 0 Å². The van der Waals surface area contributed by atoms with E-state index in [1.165, 1.54) is 13.8 Å². The second-order valence-electron chi connectivity index (χ2n) is 7.40. The van der Waals surface area contributed by atoms with Crippen LogP contribution in [-0.2, 0) is 19.2 Å². The largest absolute Gasteiger partial charge is 0.344 e. The molecule has 0 heterocycles. The fourth-order valence-electron chi connectivity index (χ4n) is 2.62. The third-order valence-electron chi connectivity index (χ3n) is 4.01. The average Bonchev–Trinajstić information content (AvgIpc) is 2.56. The van der Waals surface area contributed by atoms with E-state index in [0.717, 1.165) is 0 Å². The predicted octanol–water partition coefficient (Wildman–Crippen LogP) is 1.88. The number of carbonyl (C=O) groups is 4. The summed E-state index contributed by atoms with van der Waals surface area (Å²) in [6.07, 6.45) is 0. The molecule has 2 atom stereocenters. The number of nitrogens with one attached hydrogen (secondary N) is 4. The van der Waals surface area contributed by atoms with E-state index in [2.05, 4.69) is 21.3 Å². The molecule has 1 aromatic carbocycles. The van der Waals surface area contributed by atoms with Crippen LogP contribution >= 0.6 is 0 Å². The normalized spacial score (nSPS) is 12.9. The first-order valence-corrected chi connectivity index (χ1v) is 9.27. The van der Waals surface area contributed by atoms with E-state index in [4.69, 9.17) is 0 Å². The van der Waals surface area contributed by atoms with Gasteiger partial charge in [-0.05, 0) is 30.0 Å². The van der Waals surface area contributed by atoms with Crippen LogP contribution in [-0.4, -0.2) is 35.7 Å². The summed E-state index contributed by atoms with van der Waals surface area (Å²) in [5.41, 5.74) is 0.971. The maximum atomic E-state index is 12.5. The zero-order valence-corrected chi connectivity index (χ0v) is 17.3. The molecule has 0 radical (unpaired) electrons. The van der Waals surface area contributed by atoms with E-state index in [9.17, 15) is 19.2 Å². The number of rotatable bonds is 8. The molecule has 0 aliphatic rings. The van der Waals surface area contributed by atoms with Gasteiger partial charge in [0.05, 0.1) is 0 Å². The van der Waals surface area contributed by atoms with Crippen molar-refractivity contribution < 1.29 is 19.2 Å². The highest BCUT2D eigenvalue weighted by Gasteiger charge is 2.24. The molecule has 0 aliphatic carbocycles. The Balaban J connectivity index is 2.88. The molecule has 4 amide bonds. The molecule has 0 saturated carbocycles. The molecule has 0 aromatic heterocycles. The lowest BCUT2D eigenvalue weighted by atomic mass is 10.0. The first kappa shape index (κ1) is 23.1. The highest BCUT2D eigenvalue weighted by atomic mass is 16.2. The lowest BCUT2D eigenvalue weighted by Crippen LogP contribution is -2.46. The van der Waals surface area contributed by atoms with Crippen LogP contribution in [0.3, 0.4) is 0 Å². The van der Waals surface area contributed by atoms with Gasteiger partial charge in [0.15, 0.2) is 0 Å². The van der Waals surface area contributed by atoms with Crippen molar-refractivity contribution in [1.82, 2.24) is 10.6 Å². The van der Waals surface area contributed by atoms with Crippen molar-refractivity contribution in [3.8, 4) is 0 Å². The van der Waals surface area contributed by atoms with Gasteiger partial charge in [0.2, 0.25) is 23.6 Å². The summed E-state index contributed by atoms with van der Waals surface area (Å²) < 4.78 is 0. The Labute approximate surface area is 165 Å². The lowest BCUT2D eigenvalue weighted by Gasteiger charge is -2.22. The fourth-order valence-corrected chi connectivity index (χ4v) is 2.62. The smallest absolute Gasteiger partial charge is 0.247 e. The zero-order valence-electron chi connectivity index (χ0n) is 17.3. The van der Waals surface area contributed by atoms with Crippen LogP contribution in [0, 0.1) is 11.8 Å². The van der Waals surface area contributed by atoms with E-state index in [1.54, 1.807) is 24.3 Å². The molecule has 0 fully saturated rings. The molecule has 8 heteroatoms. The van der Waals surface area contributed by atoms with Gasteiger partial charge in [0.1, 0.15) is 12.1 Å². The topological polar surface area (TPSA) is 116 Å². The van der Waals surface area contributed by atoms with Crippen molar-refractivity contribution in [1.29, 1.82) is 0 Å². The van der Waals surface area contributed by atoms with Crippen LogP contribution in [0.5, 0.6) is 0 Å². The Hall–Kier alpha value is -2.90. The van der Waals surface area contributed by atoms with Crippen molar-refractivity contribution >= 4 is 35.0 Å². The molecule has 0 bridgehead atoms. The number of hydrogen-bond acceptors (Lipinski definition) is 4. The Morgan fingerprint density at radius 3 is 1.36 bits per heavy atom. The Bertz CT molecular complexity index is 673. The summed E-state index contributed by atoms with van der Waals surface area (Å²) in [4.78, 5) is 47.6. The van der Waals surface area contributed by atoms with E-state index >= 15 is 0 Å². The predicted molar refractivity (Wildman–Crippen MR) is 109 cm³/mol. The maximum Gasteiger partial charge on any atom is 0.247 e. The molecule has 0 spiro atoms. The van der Waals surface area contributed by atoms with Crippen molar-refractivity contribution in [3.63, 3.8) is 0 Å². The monoisotopic (exact) mass is 390 g/mol. The minimum Gasteiger partial charge on any atom is -0.344 e. The number of hydrogen-bond donors (Lipinski definition) is 4. The third kappa shape index (κ3) is 7.38. The molecule has 0 aliphatic heterocycles. The van der Waals surface area contributed by atoms with Gasteiger partial charge in [0, 0.05) is 25.2 Å². The molecule has 154 valence electrons. The molecule has 2 unspecified atom stereocenters. The molecule has 0 saturated heterocycles. The number of amides is 4. The summed E-state index contributed by atoms with van der Waals surface area (Å²) in [6, 6.07) is 5.35.